The van der Waals surface area contributed by atoms with Gasteiger partial charge in [-0.1, -0.05) is 17.7 Å². The first-order valence-electron chi connectivity index (χ1n) is 7.05. The maximum Gasteiger partial charge on any atom is 0.328 e. The summed E-state index contributed by atoms with van der Waals surface area (Å²) in [5, 5.41) is 2.10. The zero-order valence-electron chi connectivity index (χ0n) is 13.6. The van der Waals surface area contributed by atoms with E-state index in [0.29, 0.717) is 0 Å². The SMILES string of the molecule is COC(=O)C[C@@H](NC(=O)[C@H](C)Sc1ccc(C)cc1)C(=O)OC. The number of hydrogen-bond acceptors (Lipinski definition) is 6. The van der Waals surface area contributed by atoms with Crippen LogP contribution in [0.2, 0.25) is 0 Å². The van der Waals surface area contributed by atoms with Crippen molar-refractivity contribution < 1.29 is 23.9 Å². The van der Waals surface area contributed by atoms with Crippen LogP contribution in [0.4, 0.5) is 0 Å². The molecule has 0 aliphatic rings. The van der Waals surface area contributed by atoms with Crippen molar-refractivity contribution >= 4 is 29.6 Å². The molecule has 0 aliphatic heterocycles. The monoisotopic (exact) mass is 339 g/mol. The summed E-state index contributed by atoms with van der Waals surface area (Å²) in [4.78, 5) is 36.2. The van der Waals surface area contributed by atoms with E-state index in [1.807, 2.05) is 31.2 Å². The van der Waals surface area contributed by atoms with Gasteiger partial charge in [0.15, 0.2) is 0 Å². The molecule has 0 heterocycles. The van der Waals surface area contributed by atoms with Gasteiger partial charge in [-0.3, -0.25) is 9.59 Å². The van der Waals surface area contributed by atoms with E-state index in [0.717, 1.165) is 10.5 Å². The third-order valence-corrected chi connectivity index (χ3v) is 4.22. The van der Waals surface area contributed by atoms with Gasteiger partial charge in [0, 0.05) is 4.90 Å². The van der Waals surface area contributed by atoms with Gasteiger partial charge in [0.05, 0.1) is 25.9 Å². The van der Waals surface area contributed by atoms with E-state index in [4.69, 9.17) is 0 Å². The number of esters is 2. The highest BCUT2D eigenvalue weighted by atomic mass is 32.2. The molecule has 1 N–H and O–H groups in total. The summed E-state index contributed by atoms with van der Waals surface area (Å²) in [6.45, 7) is 3.71. The van der Waals surface area contributed by atoms with Crippen LogP contribution in [0.25, 0.3) is 0 Å². The number of carbonyl (C=O) groups excluding carboxylic acids is 3. The topological polar surface area (TPSA) is 81.7 Å². The number of carbonyl (C=O) groups is 3. The van der Waals surface area contributed by atoms with Gasteiger partial charge in [0.2, 0.25) is 5.91 Å². The molecule has 0 unspecified atom stereocenters. The van der Waals surface area contributed by atoms with Gasteiger partial charge in [0.1, 0.15) is 6.04 Å². The smallest absolute Gasteiger partial charge is 0.328 e. The van der Waals surface area contributed by atoms with Crippen molar-refractivity contribution in [2.45, 2.75) is 36.5 Å². The van der Waals surface area contributed by atoms with Crippen LogP contribution in [0.15, 0.2) is 29.2 Å². The Morgan fingerprint density at radius 3 is 2.26 bits per heavy atom. The van der Waals surface area contributed by atoms with E-state index >= 15 is 0 Å². The number of thioether (sulfide) groups is 1. The lowest BCUT2D eigenvalue weighted by atomic mass is 10.2. The molecule has 2 atom stereocenters. The second-order valence-electron chi connectivity index (χ2n) is 4.94. The molecule has 0 aromatic heterocycles. The fraction of sp³-hybridized carbons (Fsp3) is 0.438. The minimum atomic E-state index is -1.05. The minimum Gasteiger partial charge on any atom is -0.469 e. The summed E-state index contributed by atoms with van der Waals surface area (Å²) in [5.41, 5.74) is 1.13. The number of nitrogens with one attached hydrogen (secondary N) is 1. The van der Waals surface area contributed by atoms with Gasteiger partial charge in [-0.25, -0.2) is 4.79 Å². The largest absolute Gasteiger partial charge is 0.469 e. The highest BCUT2D eigenvalue weighted by molar-refractivity contribution is 8.00. The molecule has 0 spiro atoms. The predicted octanol–water partition coefficient (Wildman–Crippen LogP) is 1.70. The standard InChI is InChI=1S/C16H21NO5S/c1-10-5-7-12(8-6-10)23-11(2)15(19)17-13(16(20)22-4)9-14(18)21-3/h5-8,11,13H,9H2,1-4H3,(H,17,19)/t11-,13+/m0/s1. The Morgan fingerprint density at radius 2 is 1.74 bits per heavy atom. The third kappa shape index (κ3) is 6.32. The third-order valence-electron chi connectivity index (χ3n) is 3.10. The number of rotatable bonds is 7. The first-order valence-corrected chi connectivity index (χ1v) is 7.93. The summed E-state index contributed by atoms with van der Waals surface area (Å²) >= 11 is 1.37. The molecule has 126 valence electrons. The van der Waals surface area contributed by atoms with Gasteiger partial charge >= 0.3 is 11.9 Å². The fourth-order valence-corrected chi connectivity index (χ4v) is 2.63. The average molecular weight is 339 g/mol. The van der Waals surface area contributed by atoms with E-state index in [9.17, 15) is 14.4 Å². The Labute approximate surface area is 139 Å². The highest BCUT2D eigenvalue weighted by Gasteiger charge is 2.27. The summed E-state index contributed by atoms with van der Waals surface area (Å²) in [5.74, 6) is -1.63. The summed E-state index contributed by atoms with van der Waals surface area (Å²) < 4.78 is 9.12. The Bertz CT molecular complexity index is 558. The van der Waals surface area contributed by atoms with Gasteiger partial charge in [-0.2, -0.15) is 0 Å². The molecule has 23 heavy (non-hydrogen) atoms. The number of methoxy groups -OCH3 is 2. The van der Waals surface area contributed by atoms with Gasteiger partial charge in [-0.15, -0.1) is 11.8 Å². The lowest BCUT2D eigenvalue weighted by molar-refractivity contribution is -0.150. The van der Waals surface area contributed by atoms with Gasteiger partial charge in [0.25, 0.3) is 0 Å². The Hall–Kier alpha value is -2.02. The summed E-state index contributed by atoms with van der Waals surface area (Å²) in [7, 11) is 2.41. The zero-order valence-corrected chi connectivity index (χ0v) is 14.4. The molecule has 0 saturated heterocycles. The van der Waals surface area contributed by atoms with Crippen LogP contribution in [0.5, 0.6) is 0 Å². The number of hydrogen-bond donors (Lipinski definition) is 1. The maximum atomic E-state index is 12.2. The number of benzene rings is 1. The normalized spacial score (nSPS) is 12.9. The van der Waals surface area contributed by atoms with Crippen LogP contribution in [-0.2, 0) is 23.9 Å². The molecule has 1 aromatic rings. The number of amides is 1. The molecular weight excluding hydrogens is 318 g/mol. The minimum absolute atomic E-state index is 0.267. The molecule has 1 aromatic carbocycles. The summed E-state index contributed by atoms with van der Waals surface area (Å²) in [6.07, 6.45) is -0.267. The van der Waals surface area contributed by atoms with Crippen LogP contribution in [0.1, 0.15) is 18.9 Å². The Balaban J connectivity index is 2.67. The van der Waals surface area contributed by atoms with Crippen molar-refractivity contribution in [3.8, 4) is 0 Å². The van der Waals surface area contributed by atoms with Crippen LogP contribution in [-0.4, -0.2) is 43.4 Å². The highest BCUT2D eigenvalue weighted by Crippen LogP contribution is 2.23. The van der Waals surface area contributed by atoms with Crippen LogP contribution >= 0.6 is 11.8 Å². The van der Waals surface area contributed by atoms with Crippen molar-refractivity contribution in [3.05, 3.63) is 29.8 Å². The average Bonchev–Trinajstić information content (AvgIpc) is 2.55. The molecule has 1 rings (SSSR count). The second-order valence-corrected chi connectivity index (χ2v) is 6.35. The zero-order chi connectivity index (χ0) is 17.4. The van der Waals surface area contributed by atoms with Crippen LogP contribution in [0.3, 0.4) is 0 Å². The quantitative estimate of drug-likeness (QED) is 0.601. The lowest BCUT2D eigenvalue weighted by Gasteiger charge is -2.18. The van der Waals surface area contributed by atoms with Crippen LogP contribution < -0.4 is 5.32 Å². The molecule has 7 heteroatoms. The molecule has 1 amide bonds. The Morgan fingerprint density at radius 1 is 1.13 bits per heavy atom. The molecule has 0 fully saturated rings. The molecule has 0 radical (unpaired) electrons. The van der Waals surface area contributed by atoms with E-state index in [-0.39, 0.29) is 12.3 Å². The molecule has 0 aliphatic carbocycles. The number of aryl methyl sites for hydroxylation is 1. The van der Waals surface area contributed by atoms with Crippen molar-refractivity contribution in [1.82, 2.24) is 5.32 Å². The summed E-state index contributed by atoms with van der Waals surface area (Å²) in [6, 6.07) is 6.72. The molecule has 0 saturated carbocycles. The first-order chi connectivity index (χ1) is 10.9. The fourth-order valence-electron chi connectivity index (χ4n) is 1.75. The van der Waals surface area contributed by atoms with Crippen molar-refractivity contribution in [2.24, 2.45) is 0 Å². The van der Waals surface area contributed by atoms with Crippen LogP contribution in [0, 0.1) is 6.92 Å². The van der Waals surface area contributed by atoms with Crippen molar-refractivity contribution in [3.63, 3.8) is 0 Å². The molecule has 6 nitrogen and oxygen atoms in total. The van der Waals surface area contributed by atoms with E-state index < -0.39 is 23.2 Å². The molecular formula is C16H21NO5S. The van der Waals surface area contributed by atoms with Gasteiger partial charge in [-0.05, 0) is 26.0 Å². The van der Waals surface area contributed by atoms with E-state index in [1.54, 1.807) is 6.92 Å². The van der Waals surface area contributed by atoms with Crippen molar-refractivity contribution in [2.75, 3.05) is 14.2 Å². The van der Waals surface area contributed by atoms with Gasteiger partial charge < -0.3 is 14.8 Å². The van der Waals surface area contributed by atoms with E-state index in [1.165, 1.54) is 26.0 Å². The lowest BCUT2D eigenvalue weighted by Crippen LogP contribution is -2.45. The first kappa shape index (κ1) is 19.0. The predicted molar refractivity (Wildman–Crippen MR) is 87.1 cm³/mol. The number of ether oxygens (including phenoxy) is 2. The van der Waals surface area contributed by atoms with Crippen molar-refractivity contribution in [1.29, 1.82) is 0 Å². The molecule has 0 bridgehead atoms. The maximum absolute atomic E-state index is 12.2. The Kier molecular flexibility index (Phi) is 7.61. The van der Waals surface area contributed by atoms with E-state index in [2.05, 4.69) is 14.8 Å². The second kappa shape index (κ2) is 9.19.